The van der Waals surface area contributed by atoms with E-state index < -0.39 is 17.4 Å². The minimum atomic E-state index is -1.07. The summed E-state index contributed by atoms with van der Waals surface area (Å²) in [6.07, 6.45) is 0. The first-order chi connectivity index (χ1) is 10.7. The van der Waals surface area contributed by atoms with E-state index in [4.69, 9.17) is 14.6 Å². The topological polar surface area (TPSA) is 84.9 Å². The fourth-order valence-electron chi connectivity index (χ4n) is 2.01. The Morgan fingerprint density at radius 2 is 1.74 bits per heavy atom. The second-order valence-electron chi connectivity index (χ2n) is 5.69. The number of ether oxygens (including phenoxy) is 2. The second-order valence-corrected chi connectivity index (χ2v) is 5.69. The monoisotopic (exact) mass is 323 g/mol. The molecular weight excluding hydrogens is 298 g/mol. The predicted octanol–water partition coefficient (Wildman–Crippen LogP) is 2.35. The minimum Gasteiger partial charge on any atom is -0.490 e. The third-order valence-corrected chi connectivity index (χ3v) is 3.55. The molecule has 0 aliphatic rings. The van der Waals surface area contributed by atoms with Crippen molar-refractivity contribution in [3.63, 3.8) is 0 Å². The van der Waals surface area contributed by atoms with Gasteiger partial charge >= 0.3 is 5.97 Å². The third kappa shape index (κ3) is 4.61. The van der Waals surface area contributed by atoms with Gasteiger partial charge in [0.25, 0.3) is 0 Å². The molecule has 0 radical (unpaired) electrons. The van der Waals surface area contributed by atoms with Gasteiger partial charge in [0.15, 0.2) is 11.5 Å². The van der Waals surface area contributed by atoms with Gasteiger partial charge in [-0.05, 0) is 52.3 Å². The quantitative estimate of drug-likeness (QED) is 0.767. The maximum atomic E-state index is 12.4. The van der Waals surface area contributed by atoms with Crippen molar-refractivity contribution >= 4 is 11.9 Å². The lowest BCUT2D eigenvalue weighted by Gasteiger charge is -2.26. The largest absolute Gasteiger partial charge is 0.490 e. The zero-order valence-corrected chi connectivity index (χ0v) is 14.3. The van der Waals surface area contributed by atoms with Crippen molar-refractivity contribution in [1.82, 2.24) is 5.32 Å². The number of aliphatic carboxylic acids is 1. The molecule has 0 aliphatic heterocycles. The van der Waals surface area contributed by atoms with Crippen LogP contribution in [0.3, 0.4) is 0 Å². The van der Waals surface area contributed by atoms with Crippen LogP contribution in [0.2, 0.25) is 0 Å². The standard InChI is InChI=1S/C17H25NO5/c1-6-22-13-9-8-12(10-14(13)23-7-2)17(4,5)16(21)18-11(3)15(19)20/h8-11H,6-7H2,1-5H3,(H,18,21)(H,19,20)/t11-/m1/s1. The van der Waals surface area contributed by atoms with Crippen LogP contribution in [0, 0.1) is 0 Å². The van der Waals surface area contributed by atoms with Crippen LogP contribution in [0.15, 0.2) is 18.2 Å². The van der Waals surface area contributed by atoms with Crippen LogP contribution >= 0.6 is 0 Å². The number of rotatable bonds is 8. The first-order valence-corrected chi connectivity index (χ1v) is 7.67. The number of benzene rings is 1. The molecule has 6 heteroatoms. The average Bonchev–Trinajstić information content (AvgIpc) is 2.49. The zero-order chi connectivity index (χ0) is 17.6. The molecular formula is C17H25NO5. The van der Waals surface area contributed by atoms with Crippen molar-refractivity contribution in [2.24, 2.45) is 0 Å². The lowest BCUT2D eigenvalue weighted by Crippen LogP contribution is -2.47. The first kappa shape index (κ1) is 18.8. The van der Waals surface area contributed by atoms with Gasteiger partial charge in [-0.25, -0.2) is 0 Å². The molecule has 0 spiro atoms. The summed E-state index contributed by atoms with van der Waals surface area (Å²) in [5.74, 6) is -0.248. The highest BCUT2D eigenvalue weighted by molar-refractivity contribution is 5.90. The number of hydrogen-bond donors (Lipinski definition) is 2. The van der Waals surface area contributed by atoms with Crippen molar-refractivity contribution in [2.45, 2.75) is 46.1 Å². The Balaban J connectivity index is 3.09. The Morgan fingerprint density at radius 1 is 1.17 bits per heavy atom. The van der Waals surface area contributed by atoms with Gasteiger partial charge in [-0.3, -0.25) is 9.59 Å². The van der Waals surface area contributed by atoms with Crippen LogP contribution in [-0.2, 0) is 15.0 Å². The Kier molecular flexibility index (Phi) is 6.42. The Bertz CT molecular complexity index is 568. The number of amides is 1. The van der Waals surface area contributed by atoms with Gasteiger partial charge in [0.1, 0.15) is 6.04 Å². The molecule has 0 unspecified atom stereocenters. The maximum absolute atomic E-state index is 12.4. The summed E-state index contributed by atoms with van der Waals surface area (Å²) in [7, 11) is 0. The number of hydrogen-bond acceptors (Lipinski definition) is 4. The summed E-state index contributed by atoms with van der Waals surface area (Å²) in [5.41, 5.74) is -0.181. The molecule has 1 rings (SSSR count). The van der Waals surface area contributed by atoms with Crippen LogP contribution in [-0.4, -0.2) is 36.2 Å². The van der Waals surface area contributed by atoms with Crippen LogP contribution in [0.1, 0.15) is 40.2 Å². The molecule has 128 valence electrons. The van der Waals surface area contributed by atoms with Gasteiger partial charge in [-0.2, -0.15) is 0 Å². The number of carbonyl (C=O) groups is 2. The second kappa shape index (κ2) is 7.85. The normalized spacial score (nSPS) is 12.4. The number of nitrogens with one attached hydrogen (secondary N) is 1. The summed E-state index contributed by atoms with van der Waals surface area (Å²) in [6.45, 7) is 9.65. The molecule has 1 amide bonds. The minimum absolute atomic E-state index is 0.362. The molecule has 1 atom stereocenters. The summed E-state index contributed by atoms with van der Waals surface area (Å²) < 4.78 is 11.1. The number of carbonyl (C=O) groups excluding carboxylic acids is 1. The SMILES string of the molecule is CCOc1ccc(C(C)(C)C(=O)N[C@H](C)C(=O)O)cc1OCC. The van der Waals surface area contributed by atoms with Crippen LogP contribution in [0.5, 0.6) is 11.5 Å². The average molecular weight is 323 g/mol. The molecule has 0 aliphatic carbocycles. The van der Waals surface area contributed by atoms with E-state index in [-0.39, 0.29) is 5.91 Å². The van der Waals surface area contributed by atoms with Crippen molar-refractivity contribution in [3.8, 4) is 11.5 Å². The van der Waals surface area contributed by atoms with Crippen molar-refractivity contribution in [3.05, 3.63) is 23.8 Å². The van der Waals surface area contributed by atoms with E-state index in [1.165, 1.54) is 6.92 Å². The first-order valence-electron chi connectivity index (χ1n) is 7.67. The Hall–Kier alpha value is -2.24. The van der Waals surface area contributed by atoms with Crippen molar-refractivity contribution in [1.29, 1.82) is 0 Å². The van der Waals surface area contributed by atoms with E-state index in [2.05, 4.69) is 5.32 Å². The van der Waals surface area contributed by atoms with E-state index in [0.29, 0.717) is 24.7 Å². The smallest absolute Gasteiger partial charge is 0.325 e. The van der Waals surface area contributed by atoms with Crippen molar-refractivity contribution < 1.29 is 24.2 Å². The van der Waals surface area contributed by atoms with E-state index in [1.54, 1.807) is 32.0 Å². The van der Waals surface area contributed by atoms with Gasteiger partial charge in [0.05, 0.1) is 18.6 Å². The lowest BCUT2D eigenvalue weighted by molar-refractivity contribution is -0.142. The molecule has 0 aromatic heterocycles. The molecule has 1 aromatic carbocycles. The molecule has 1 aromatic rings. The molecule has 0 heterocycles. The van der Waals surface area contributed by atoms with E-state index in [1.807, 2.05) is 13.8 Å². The predicted molar refractivity (Wildman–Crippen MR) is 87.0 cm³/mol. The Morgan fingerprint density at radius 3 is 2.26 bits per heavy atom. The van der Waals surface area contributed by atoms with E-state index in [9.17, 15) is 9.59 Å². The molecule has 23 heavy (non-hydrogen) atoms. The molecule has 6 nitrogen and oxygen atoms in total. The molecule has 0 fully saturated rings. The fraction of sp³-hybridized carbons (Fsp3) is 0.529. The van der Waals surface area contributed by atoms with Crippen LogP contribution in [0.25, 0.3) is 0 Å². The summed E-state index contributed by atoms with van der Waals surface area (Å²) in [5, 5.41) is 11.4. The third-order valence-electron chi connectivity index (χ3n) is 3.55. The summed E-state index contributed by atoms with van der Waals surface area (Å²) >= 11 is 0. The highest BCUT2D eigenvalue weighted by Crippen LogP contribution is 2.34. The van der Waals surface area contributed by atoms with Gasteiger partial charge in [0.2, 0.25) is 5.91 Å². The van der Waals surface area contributed by atoms with Gasteiger partial charge in [-0.1, -0.05) is 6.07 Å². The van der Waals surface area contributed by atoms with Crippen LogP contribution in [0.4, 0.5) is 0 Å². The van der Waals surface area contributed by atoms with Gasteiger partial charge < -0.3 is 19.9 Å². The van der Waals surface area contributed by atoms with Gasteiger partial charge in [0, 0.05) is 0 Å². The van der Waals surface area contributed by atoms with E-state index in [0.717, 1.165) is 5.56 Å². The Labute approximate surface area is 136 Å². The number of carboxylic acids is 1. The lowest BCUT2D eigenvalue weighted by atomic mass is 9.83. The van der Waals surface area contributed by atoms with Crippen molar-refractivity contribution in [2.75, 3.05) is 13.2 Å². The highest BCUT2D eigenvalue weighted by atomic mass is 16.5. The van der Waals surface area contributed by atoms with E-state index >= 15 is 0 Å². The highest BCUT2D eigenvalue weighted by Gasteiger charge is 2.32. The summed E-state index contributed by atoms with van der Waals surface area (Å²) in [6, 6.07) is 4.37. The molecule has 0 bridgehead atoms. The fourth-order valence-corrected chi connectivity index (χ4v) is 2.01. The zero-order valence-electron chi connectivity index (χ0n) is 14.3. The molecule has 0 saturated carbocycles. The molecule has 0 saturated heterocycles. The molecule has 2 N–H and O–H groups in total. The van der Waals surface area contributed by atoms with Gasteiger partial charge in [-0.15, -0.1) is 0 Å². The number of carboxylic acid groups (broad SMARTS) is 1. The maximum Gasteiger partial charge on any atom is 0.325 e. The van der Waals surface area contributed by atoms with Crippen LogP contribution < -0.4 is 14.8 Å². The summed E-state index contributed by atoms with van der Waals surface area (Å²) in [4.78, 5) is 23.3.